The lowest BCUT2D eigenvalue weighted by Gasteiger charge is -2.38. The highest BCUT2D eigenvalue weighted by atomic mass is 16.1. The van der Waals surface area contributed by atoms with Crippen LogP contribution in [0.25, 0.3) is 0 Å². The van der Waals surface area contributed by atoms with E-state index >= 15 is 0 Å². The maximum Gasteiger partial charge on any atom is 0.220 e. The van der Waals surface area contributed by atoms with E-state index < -0.39 is 0 Å². The second kappa shape index (κ2) is 4.12. The highest BCUT2D eigenvalue weighted by Crippen LogP contribution is 2.37. The second-order valence-electron chi connectivity index (χ2n) is 5.65. The van der Waals surface area contributed by atoms with Crippen LogP contribution >= 0.6 is 0 Å². The quantitative estimate of drug-likeness (QED) is 0.744. The number of carbonyl (C=O) groups is 1. The molecule has 2 fully saturated rings. The lowest BCUT2D eigenvalue weighted by molar-refractivity contribution is -0.119. The third kappa shape index (κ3) is 2.51. The first kappa shape index (κ1) is 10.9. The van der Waals surface area contributed by atoms with Crippen LogP contribution in [-0.4, -0.2) is 37.0 Å². The van der Waals surface area contributed by atoms with Gasteiger partial charge in [0.1, 0.15) is 0 Å². The van der Waals surface area contributed by atoms with Crippen molar-refractivity contribution < 1.29 is 4.79 Å². The van der Waals surface area contributed by atoms with Crippen LogP contribution in [-0.2, 0) is 4.79 Å². The Labute approximate surface area is 92.2 Å². The summed E-state index contributed by atoms with van der Waals surface area (Å²) in [6.45, 7) is 9.01. The van der Waals surface area contributed by atoms with Crippen LogP contribution < -0.4 is 5.32 Å². The van der Waals surface area contributed by atoms with Crippen LogP contribution in [0.3, 0.4) is 0 Å². The summed E-state index contributed by atoms with van der Waals surface area (Å²) in [6, 6.07) is 0. The van der Waals surface area contributed by atoms with E-state index in [-0.39, 0.29) is 5.91 Å². The predicted octanol–water partition coefficient (Wildman–Crippen LogP) is 1.24. The fraction of sp³-hybridized carbons (Fsp3) is 0.917. The number of amides is 1. The normalized spacial score (nSPS) is 26.2. The van der Waals surface area contributed by atoms with Crippen molar-refractivity contribution in [2.45, 2.75) is 33.1 Å². The Morgan fingerprint density at radius 2 is 2.07 bits per heavy atom. The van der Waals surface area contributed by atoms with Crippen molar-refractivity contribution in [2.75, 3.05) is 26.2 Å². The zero-order valence-corrected chi connectivity index (χ0v) is 9.88. The van der Waals surface area contributed by atoms with Crippen LogP contribution in [0.2, 0.25) is 0 Å². The molecule has 0 bridgehead atoms. The highest BCUT2D eigenvalue weighted by molar-refractivity contribution is 5.79. The molecule has 2 aliphatic heterocycles. The number of nitrogens with zero attached hydrogens (tertiary/aromatic N) is 1. The van der Waals surface area contributed by atoms with E-state index in [0.29, 0.717) is 5.41 Å². The van der Waals surface area contributed by atoms with Crippen LogP contribution in [0, 0.1) is 11.3 Å². The summed E-state index contributed by atoms with van der Waals surface area (Å²) in [5, 5.41) is 2.98. The summed E-state index contributed by atoms with van der Waals surface area (Å²) >= 11 is 0. The molecule has 15 heavy (non-hydrogen) atoms. The molecule has 2 aliphatic rings. The van der Waals surface area contributed by atoms with Gasteiger partial charge in [-0.05, 0) is 37.3 Å². The van der Waals surface area contributed by atoms with E-state index in [1.165, 1.54) is 32.5 Å². The third-order valence-corrected chi connectivity index (χ3v) is 3.74. The van der Waals surface area contributed by atoms with Gasteiger partial charge in [-0.15, -0.1) is 0 Å². The Bertz CT molecular complexity index is 242. The molecular formula is C12H22N2O. The molecule has 0 atom stereocenters. The molecule has 0 radical (unpaired) electrons. The molecule has 3 nitrogen and oxygen atoms in total. The Morgan fingerprint density at radius 3 is 2.53 bits per heavy atom. The van der Waals surface area contributed by atoms with Crippen LogP contribution in [0.5, 0.6) is 0 Å². The van der Waals surface area contributed by atoms with Gasteiger partial charge in [-0.1, -0.05) is 13.8 Å². The summed E-state index contributed by atoms with van der Waals surface area (Å²) < 4.78 is 0. The van der Waals surface area contributed by atoms with Crippen LogP contribution in [0.1, 0.15) is 33.1 Å². The van der Waals surface area contributed by atoms with Gasteiger partial charge in [0, 0.05) is 19.5 Å². The molecule has 2 rings (SSSR count). The van der Waals surface area contributed by atoms with Crippen LogP contribution in [0.15, 0.2) is 0 Å². The molecule has 0 aromatic carbocycles. The molecule has 0 aromatic rings. The van der Waals surface area contributed by atoms with Crippen molar-refractivity contribution >= 4 is 5.91 Å². The Hall–Kier alpha value is -0.570. The van der Waals surface area contributed by atoms with Gasteiger partial charge in [0.05, 0.1) is 0 Å². The molecule has 0 aromatic heterocycles. The molecule has 1 spiro atoms. The average Bonchev–Trinajstić information content (AvgIpc) is 2.52. The van der Waals surface area contributed by atoms with E-state index in [1.807, 2.05) is 0 Å². The standard InChI is InChI=1S/C12H22N2O/c1-10(2)8-14-5-3-12(4-6-14)7-11(15)13-9-12/h10H,3-9H2,1-2H3,(H,13,15). The average molecular weight is 210 g/mol. The smallest absolute Gasteiger partial charge is 0.220 e. The van der Waals surface area contributed by atoms with Gasteiger partial charge in [0.15, 0.2) is 0 Å². The number of carbonyl (C=O) groups excluding carboxylic acids is 1. The van der Waals surface area contributed by atoms with E-state index in [2.05, 4.69) is 24.1 Å². The molecular weight excluding hydrogens is 188 g/mol. The largest absolute Gasteiger partial charge is 0.356 e. The molecule has 1 N–H and O–H groups in total. The van der Waals surface area contributed by atoms with Gasteiger partial charge in [-0.3, -0.25) is 4.79 Å². The minimum atomic E-state index is 0.257. The SMILES string of the molecule is CC(C)CN1CCC2(CC1)CNC(=O)C2. The fourth-order valence-corrected chi connectivity index (χ4v) is 2.83. The molecule has 0 unspecified atom stereocenters. The van der Waals surface area contributed by atoms with Crippen molar-refractivity contribution in [1.82, 2.24) is 10.2 Å². The fourth-order valence-electron chi connectivity index (χ4n) is 2.83. The number of rotatable bonds is 2. The maximum absolute atomic E-state index is 11.3. The van der Waals surface area contributed by atoms with Gasteiger partial charge in [0.25, 0.3) is 0 Å². The number of nitrogens with one attached hydrogen (secondary N) is 1. The number of hydrogen-bond donors (Lipinski definition) is 1. The first-order chi connectivity index (χ1) is 7.10. The summed E-state index contributed by atoms with van der Waals surface area (Å²) in [5.74, 6) is 1.01. The molecule has 1 amide bonds. The molecule has 86 valence electrons. The first-order valence-corrected chi connectivity index (χ1v) is 6.09. The van der Waals surface area contributed by atoms with E-state index in [0.717, 1.165) is 18.9 Å². The van der Waals surface area contributed by atoms with Crippen molar-refractivity contribution in [1.29, 1.82) is 0 Å². The van der Waals surface area contributed by atoms with Crippen molar-refractivity contribution in [2.24, 2.45) is 11.3 Å². The van der Waals surface area contributed by atoms with Crippen LogP contribution in [0.4, 0.5) is 0 Å². The summed E-state index contributed by atoms with van der Waals surface area (Å²) in [5.41, 5.74) is 0.310. The molecule has 2 saturated heterocycles. The second-order valence-corrected chi connectivity index (χ2v) is 5.65. The number of likely N-dealkylation sites (tertiary alicyclic amines) is 1. The minimum Gasteiger partial charge on any atom is -0.356 e. The summed E-state index contributed by atoms with van der Waals surface area (Å²) in [4.78, 5) is 13.8. The Morgan fingerprint density at radius 1 is 1.40 bits per heavy atom. The lowest BCUT2D eigenvalue weighted by Crippen LogP contribution is -2.42. The number of hydrogen-bond acceptors (Lipinski definition) is 2. The summed E-state index contributed by atoms with van der Waals surface area (Å²) in [6.07, 6.45) is 3.15. The number of piperidine rings is 1. The first-order valence-electron chi connectivity index (χ1n) is 6.09. The van der Waals surface area contributed by atoms with E-state index in [9.17, 15) is 4.79 Å². The van der Waals surface area contributed by atoms with E-state index in [1.54, 1.807) is 0 Å². The van der Waals surface area contributed by atoms with Crippen molar-refractivity contribution in [3.63, 3.8) is 0 Å². The zero-order chi connectivity index (χ0) is 10.9. The molecule has 2 heterocycles. The molecule has 3 heteroatoms. The minimum absolute atomic E-state index is 0.257. The van der Waals surface area contributed by atoms with Crippen molar-refractivity contribution in [3.05, 3.63) is 0 Å². The van der Waals surface area contributed by atoms with Crippen molar-refractivity contribution in [3.8, 4) is 0 Å². The van der Waals surface area contributed by atoms with Gasteiger partial charge in [-0.2, -0.15) is 0 Å². The summed E-state index contributed by atoms with van der Waals surface area (Å²) in [7, 11) is 0. The topological polar surface area (TPSA) is 32.3 Å². The Balaban J connectivity index is 1.84. The zero-order valence-electron chi connectivity index (χ0n) is 9.88. The molecule has 0 aliphatic carbocycles. The maximum atomic E-state index is 11.3. The Kier molecular flexibility index (Phi) is 3.01. The van der Waals surface area contributed by atoms with Gasteiger partial charge in [0.2, 0.25) is 5.91 Å². The van der Waals surface area contributed by atoms with Gasteiger partial charge < -0.3 is 10.2 Å². The molecule has 0 saturated carbocycles. The van der Waals surface area contributed by atoms with Gasteiger partial charge >= 0.3 is 0 Å². The highest BCUT2D eigenvalue weighted by Gasteiger charge is 2.40. The predicted molar refractivity (Wildman–Crippen MR) is 60.6 cm³/mol. The lowest BCUT2D eigenvalue weighted by atomic mass is 9.77. The monoisotopic (exact) mass is 210 g/mol. The van der Waals surface area contributed by atoms with Gasteiger partial charge in [-0.25, -0.2) is 0 Å². The van der Waals surface area contributed by atoms with E-state index in [4.69, 9.17) is 0 Å². The third-order valence-electron chi connectivity index (χ3n) is 3.74.